The Bertz CT molecular complexity index is 569. The van der Waals surface area contributed by atoms with Crippen LogP contribution in [0, 0.1) is 0 Å². The van der Waals surface area contributed by atoms with Gasteiger partial charge in [-0.25, -0.2) is 18.9 Å². The minimum atomic E-state index is -4.60. The van der Waals surface area contributed by atoms with E-state index in [4.69, 9.17) is 69.3 Å². The summed E-state index contributed by atoms with van der Waals surface area (Å²) in [6, 6.07) is 0. The largest absolute Gasteiger partial charge is 0.538 e. The number of phosphoric ester groups is 1. The first-order valence-corrected chi connectivity index (χ1v) is 13.1. The molecule has 2 aliphatic heterocycles. The lowest BCUT2D eigenvalue weighted by molar-refractivity contribution is -0.368. The van der Waals surface area contributed by atoms with Crippen LogP contribution in [0.4, 0.5) is 0 Å². The van der Waals surface area contributed by atoms with E-state index in [-0.39, 0.29) is 62.4 Å². The number of hydrogen-bond donors (Lipinski definition) is 0. The predicted molar refractivity (Wildman–Crippen MR) is 99.4 cm³/mol. The van der Waals surface area contributed by atoms with Crippen molar-refractivity contribution in [1.82, 2.24) is 0 Å². The lowest BCUT2D eigenvalue weighted by Gasteiger charge is -2.50. The maximum Gasteiger partial charge on any atom is 0.538 e. The molecule has 160 valence electrons. The Morgan fingerprint density at radius 1 is 0.741 bits per heavy atom. The Hall–Kier alpha value is 1.34. The summed E-state index contributed by atoms with van der Waals surface area (Å²) in [7, 11) is -9.06. The predicted octanol–water partition coefficient (Wildman–Crippen LogP) is 5.17. The van der Waals surface area contributed by atoms with Gasteiger partial charge in [0, 0.05) is 23.5 Å². The number of fused-ring (bicyclic) bond motifs is 2. The van der Waals surface area contributed by atoms with Gasteiger partial charge in [-0.2, -0.15) is 4.31 Å². The zero-order chi connectivity index (χ0) is 20.0. The van der Waals surface area contributed by atoms with Crippen molar-refractivity contribution >= 4 is 62.0 Å². The summed E-state index contributed by atoms with van der Waals surface area (Å²) in [5.41, 5.74) is -2.83. The van der Waals surface area contributed by atoms with Gasteiger partial charge in [0.2, 0.25) is 0 Å². The fourth-order valence-electron chi connectivity index (χ4n) is 2.95. The molecule has 15 heteroatoms. The zero-order valence-corrected chi connectivity index (χ0v) is 19.0. The second kappa shape index (κ2) is 10.6. The Kier molecular flexibility index (Phi) is 9.64. The first-order chi connectivity index (χ1) is 12.8. The third-order valence-corrected chi connectivity index (χ3v) is 8.13. The molecule has 0 spiro atoms. The summed E-state index contributed by atoms with van der Waals surface area (Å²) in [6.07, 6.45) is 0.486. The number of halogens is 4. The Balaban J connectivity index is 2.59. The SMILES string of the molecule is O=P12OOCCOP(=O)(OC(CCCl)(CCCl)C(CCCl)(CCCl)OO1)O2. The molecule has 2 unspecified atom stereocenters. The van der Waals surface area contributed by atoms with E-state index < -0.39 is 26.8 Å². The molecule has 2 heterocycles. The van der Waals surface area contributed by atoms with E-state index in [0.717, 1.165) is 0 Å². The van der Waals surface area contributed by atoms with Crippen LogP contribution in [0.3, 0.4) is 0 Å². The summed E-state index contributed by atoms with van der Waals surface area (Å²) in [6.45, 7) is -0.412. The van der Waals surface area contributed by atoms with Gasteiger partial charge in [0.15, 0.2) is 0 Å². The highest BCUT2D eigenvalue weighted by Crippen LogP contribution is 2.71. The third-order valence-electron chi connectivity index (χ3n) is 4.16. The van der Waals surface area contributed by atoms with E-state index in [1.165, 1.54) is 0 Å². The van der Waals surface area contributed by atoms with E-state index in [1.54, 1.807) is 0 Å². The summed E-state index contributed by atoms with van der Waals surface area (Å²) in [4.78, 5) is 10.2. The highest BCUT2D eigenvalue weighted by atomic mass is 35.5. The normalized spacial score (nSPS) is 33.5. The van der Waals surface area contributed by atoms with Gasteiger partial charge in [0.25, 0.3) is 0 Å². The number of phosphoric acid groups is 2. The van der Waals surface area contributed by atoms with Gasteiger partial charge in [-0.1, -0.05) is 0 Å². The molecule has 27 heavy (non-hydrogen) atoms. The van der Waals surface area contributed by atoms with Crippen LogP contribution in [0.5, 0.6) is 0 Å². The molecule has 2 atom stereocenters. The van der Waals surface area contributed by atoms with Gasteiger partial charge in [-0.3, -0.25) is 9.05 Å². The fourth-order valence-corrected chi connectivity index (χ4v) is 7.28. The van der Waals surface area contributed by atoms with Crippen LogP contribution in [0.2, 0.25) is 0 Å². The van der Waals surface area contributed by atoms with Crippen LogP contribution >= 0.6 is 62.0 Å². The molecule has 0 aromatic carbocycles. The quantitative estimate of drug-likeness (QED) is 0.248. The molecule has 2 saturated heterocycles. The van der Waals surface area contributed by atoms with Crippen LogP contribution in [-0.2, 0) is 41.6 Å². The van der Waals surface area contributed by atoms with Crippen molar-refractivity contribution in [3.63, 3.8) is 0 Å². The van der Waals surface area contributed by atoms with Gasteiger partial charge in [0.1, 0.15) is 17.8 Å². The maximum absolute atomic E-state index is 13.2. The molecule has 0 N–H and O–H groups in total. The van der Waals surface area contributed by atoms with Crippen molar-refractivity contribution in [2.75, 3.05) is 36.7 Å². The fraction of sp³-hybridized carbons (Fsp3) is 1.00. The van der Waals surface area contributed by atoms with E-state index in [2.05, 4.69) is 9.56 Å². The highest BCUT2D eigenvalue weighted by Gasteiger charge is 2.62. The first-order valence-electron chi connectivity index (χ1n) is 8.01. The van der Waals surface area contributed by atoms with Gasteiger partial charge < -0.3 is 0 Å². The van der Waals surface area contributed by atoms with Crippen LogP contribution in [0.25, 0.3) is 0 Å². The first kappa shape index (κ1) is 24.6. The minimum Gasteiger partial charge on any atom is -0.284 e. The number of hydrogen-bond acceptors (Lipinski definition) is 9. The molecule has 0 aliphatic carbocycles. The number of rotatable bonds is 8. The van der Waals surface area contributed by atoms with Gasteiger partial charge in [0.05, 0.1) is 6.61 Å². The second-order valence-electron chi connectivity index (χ2n) is 5.70. The molecule has 0 aromatic heterocycles. The molecule has 2 aliphatic rings. The van der Waals surface area contributed by atoms with Gasteiger partial charge in [-0.15, -0.1) is 55.8 Å². The minimum absolute atomic E-state index is 0.0869. The Morgan fingerprint density at radius 2 is 1.30 bits per heavy atom. The molecular weight excluding hydrogens is 492 g/mol. The molecule has 0 saturated carbocycles. The molecule has 9 nitrogen and oxygen atoms in total. The highest BCUT2D eigenvalue weighted by molar-refractivity contribution is 7.62. The van der Waals surface area contributed by atoms with Crippen molar-refractivity contribution in [2.24, 2.45) is 0 Å². The average molecular weight is 512 g/mol. The zero-order valence-electron chi connectivity index (χ0n) is 14.2. The standard InChI is InChI=1S/C12H20Cl4O9P2/c13-5-1-11(2-6-14)12(3-7-15,4-8-16)22-26(17)20-10-9-19-23-27(18,25-26)24-21-11/h1-10H2. The van der Waals surface area contributed by atoms with Crippen LogP contribution in [0.1, 0.15) is 25.7 Å². The second-order valence-corrected chi connectivity index (χ2v) is 10.4. The molecular formula is C12H20Cl4O9P2. The molecule has 0 radical (unpaired) electrons. The average Bonchev–Trinajstić information content (AvgIpc) is 2.58. The topological polar surface area (TPSA) is 98.8 Å². The molecule has 2 fully saturated rings. The Labute approximate surface area is 177 Å². The number of alkyl halides is 4. The summed E-state index contributed by atoms with van der Waals surface area (Å²) in [5.74, 6) is 0.348. The van der Waals surface area contributed by atoms with Crippen molar-refractivity contribution in [3.05, 3.63) is 0 Å². The maximum atomic E-state index is 13.2. The monoisotopic (exact) mass is 510 g/mol. The van der Waals surface area contributed by atoms with E-state index in [9.17, 15) is 9.13 Å². The van der Waals surface area contributed by atoms with Crippen molar-refractivity contribution in [3.8, 4) is 0 Å². The van der Waals surface area contributed by atoms with Crippen molar-refractivity contribution in [2.45, 2.75) is 36.9 Å². The van der Waals surface area contributed by atoms with Crippen LogP contribution in [-0.4, -0.2) is 47.9 Å². The van der Waals surface area contributed by atoms with Crippen LogP contribution < -0.4 is 0 Å². The van der Waals surface area contributed by atoms with E-state index in [1.807, 2.05) is 0 Å². The van der Waals surface area contributed by atoms with Crippen LogP contribution in [0.15, 0.2) is 0 Å². The lowest BCUT2D eigenvalue weighted by Crippen LogP contribution is -2.59. The third kappa shape index (κ3) is 5.73. The smallest absolute Gasteiger partial charge is 0.284 e. The van der Waals surface area contributed by atoms with Gasteiger partial charge in [-0.05, 0) is 25.7 Å². The van der Waals surface area contributed by atoms with Crippen molar-refractivity contribution in [1.29, 1.82) is 0 Å². The Morgan fingerprint density at radius 3 is 1.85 bits per heavy atom. The van der Waals surface area contributed by atoms with Crippen molar-refractivity contribution < 1.29 is 41.6 Å². The molecule has 2 rings (SSSR count). The van der Waals surface area contributed by atoms with Gasteiger partial charge >= 0.3 is 15.6 Å². The summed E-state index contributed by atoms with van der Waals surface area (Å²) < 4.78 is 51.4. The van der Waals surface area contributed by atoms with E-state index in [0.29, 0.717) is 0 Å². The summed E-state index contributed by atoms with van der Waals surface area (Å²) >= 11 is 23.9. The molecule has 0 aromatic rings. The molecule has 0 amide bonds. The molecule has 2 bridgehead atoms. The lowest BCUT2D eigenvalue weighted by atomic mass is 9.75. The summed E-state index contributed by atoms with van der Waals surface area (Å²) in [5, 5.41) is 0. The van der Waals surface area contributed by atoms with E-state index >= 15 is 0 Å².